The highest BCUT2D eigenvalue weighted by Gasteiger charge is 2.54. The lowest BCUT2D eigenvalue weighted by Gasteiger charge is -2.31. The molecule has 176 valence electrons. The Bertz CT molecular complexity index is 1320. The van der Waals surface area contributed by atoms with Crippen LogP contribution >= 0.6 is 27.5 Å². The first-order valence-electron chi connectivity index (χ1n) is 11.3. The molecule has 10 heteroatoms. The summed E-state index contributed by atoms with van der Waals surface area (Å²) in [7, 11) is 0. The highest BCUT2D eigenvalue weighted by atomic mass is 79.9. The summed E-state index contributed by atoms with van der Waals surface area (Å²) in [6.45, 7) is 2.19. The molecule has 34 heavy (non-hydrogen) atoms. The number of nitrogens with one attached hydrogen (secondary N) is 1. The number of halogens is 3. The number of nitrogens with zero attached hydrogens (tertiary/aromatic N) is 5. The molecule has 0 bridgehead atoms. The maximum absolute atomic E-state index is 13.8. The van der Waals surface area contributed by atoms with Crippen molar-refractivity contribution in [3.8, 4) is 6.07 Å². The molecule has 2 aliphatic heterocycles. The van der Waals surface area contributed by atoms with E-state index in [1.165, 1.54) is 18.2 Å². The Kier molecular flexibility index (Phi) is 6.23. The molecule has 2 fully saturated rings. The molecule has 2 aliphatic rings. The lowest BCUT2D eigenvalue weighted by molar-refractivity contribution is 0.264. The van der Waals surface area contributed by atoms with Crippen molar-refractivity contribution in [1.29, 1.82) is 5.26 Å². The van der Waals surface area contributed by atoms with E-state index in [0.717, 1.165) is 34.9 Å². The van der Waals surface area contributed by atoms with Gasteiger partial charge in [-0.1, -0.05) is 18.5 Å². The summed E-state index contributed by atoms with van der Waals surface area (Å²) in [6.07, 6.45) is 7.06. The molecule has 5 rings (SSSR count). The van der Waals surface area contributed by atoms with Crippen LogP contribution in [0.5, 0.6) is 0 Å². The largest absolute Gasteiger partial charge is 0.383 e. The van der Waals surface area contributed by atoms with E-state index >= 15 is 0 Å². The Morgan fingerprint density at radius 3 is 3.00 bits per heavy atom. The van der Waals surface area contributed by atoms with E-state index in [0.29, 0.717) is 35.1 Å². The molecule has 5 atom stereocenters. The lowest BCUT2D eigenvalue weighted by atomic mass is 9.96. The molecule has 7 nitrogen and oxygen atoms in total. The van der Waals surface area contributed by atoms with Crippen molar-refractivity contribution in [2.24, 2.45) is 10.7 Å². The number of rotatable bonds is 6. The molecule has 2 saturated heterocycles. The van der Waals surface area contributed by atoms with Gasteiger partial charge in [0.2, 0.25) is 0 Å². The van der Waals surface area contributed by atoms with Crippen molar-refractivity contribution < 1.29 is 4.39 Å². The molecule has 5 unspecified atom stereocenters. The van der Waals surface area contributed by atoms with Gasteiger partial charge in [0.15, 0.2) is 0 Å². The van der Waals surface area contributed by atoms with Crippen molar-refractivity contribution in [3.63, 3.8) is 0 Å². The zero-order valence-electron chi connectivity index (χ0n) is 18.5. The Balaban J connectivity index is 1.51. The van der Waals surface area contributed by atoms with Crippen LogP contribution in [-0.2, 0) is 0 Å². The molecule has 0 amide bonds. The number of anilines is 1. The summed E-state index contributed by atoms with van der Waals surface area (Å²) in [5.74, 6) is -0.243. The number of amidine groups is 1. The number of fused-ring (bicyclic) bond motifs is 2. The van der Waals surface area contributed by atoms with E-state index in [1.807, 2.05) is 12.3 Å². The number of benzene rings is 1. The summed E-state index contributed by atoms with van der Waals surface area (Å²) in [5.41, 5.74) is 8.98. The third-order valence-corrected chi connectivity index (χ3v) is 7.53. The molecule has 1 aromatic carbocycles. The maximum Gasteiger partial charge on any atom is 0.135 e. The number of nitrogens with two attached hydrogens (primary N) is 1. The summed E-state index contributed by atoms with van der Waals surface area (Å²) in [6, 6.07) is 9.72. The highest BCUT2D eigenvalue weighted by Crippen LogP contribution is 2.44. The SMILES string of the molecule is CCC1CC(Nc2c(C(N)=Nc3cc(F)ccc3Cl)cnn3cc(Br)cc23)CC2C(CC#N)N12. The third kappa shape index (κ3) is 4.26. The molecular weight excluding hydrogens is 521 g/mol. The minimum absolute atomic E-state index is 0.195. The molecule has 2 aromatic heterocycles. The van der Waals surface area contributed by atoms with E-state index in [9.17, 15) is 9.65 Å². The van der Waals surface area contributed by atoms with Gasteiger partial charge in [-0.3, -0.25) is 4.90 Å². The fourth-order valence-electron chi connectivity index (χ4n) is 5.18. The van der Waals surface area contributed by atoms with Gasteiger partial charge in [-0.25, -0.2) is 13.9 Å². The first kappa shape index (κ1) is 23.1. The van der Waals surface area contributed by atoms with Crippen LogP contribution in [0.2, 0.25) is 5.02 Å². The summed E-state index contributed by atoms with van der Waals surface area (Å²) >= 11 is 9.75. The topological polar surface area (TPSA) is 94.5 Å². The maximum atomic E-state index is 13.8. The van der Waals surface area contributed by atoms with E-state index in [4.69, 9.17) is 17.3 Å². The summed E-state index contributed by atoms with van der Waals surface area (Å²) in [5, 5.41) is 17.7. The fourth-order valence-corrected chi connectivity index (χ4v) is 5.75. The highest BCUT2D eigenvalue weighted by molar-refractivity contribution is 9.10. The van der Waals surface area contributed by atoms with Crippen molar-refractivity contribution in [3.05, 3.63) is 57.5 Å². The molecule has 3 aromatic rings. The van der Waals surface area contributed by atoms with Gasteiger partial charge < -0.3 is 11.1 Å². The van der Waals surface area contributed by atoms with Crippen LogP contribution in [-0.4, -0.2) is 44.5 Å². The molecule has 0 saturated carbocycles. The lowest BCUT2D eigenvalue weighted by Crippen LogP contribution is -2.37. The smallest absolute Gasteiger partial charge is 0.135 e. The zero-order chi connectivity index (χ0) is 24.0. The molecule has 4 heterocycles. The quantitative estimate of drug-likeness (QED) is 0.251. The van der Waals surface area contributed by atoms with Crippen molar-refractivity contribution in [1.82, 2.24) is 14.5 Å². The van der Waals surface area contributed by atoms with Gasteiger partial charge in [0, 0.05) is 40.9 Å². The Morgan fingerprint density at radius 2 is 2.24 bits per heavy atom. The van der Waals surface area contributed by atoms with Gasteiger partial charge in [0.1, 0.15) is 11.7 Å². The molecule has 0 radical (unpaired) electrons. The molecular formula is C24H24BrClFN7. The summed E-state index contributed by atoms with van der Waals surface area (Å²) < 4.78 is 16.4. The van der Waals surface area contributed by atoms with Crippen LogP contribution in [0.1, 0.15) is 38.2 Å². The van der Waals surface area contributed by atoms with Gasteiger partial charge in [-0.15, -0.1) is 0 Å². The van der Waals surface area contributed by atoms with Crippen LogP contribution in [0.3, 0.4) is 0 Å². The van der Waals surface area contributed by atoms with Gasteiger partial charge in [0.05, 0.1) is 46.2 Å². The number of hydrogen-bond acceptors (Lipinski definition) is 5. The minimum atomic E-state index is -0.438. The Morgan fingerprint density at radius 1 is 1.41 bits per heavy atom. The second-order valence-corrected chi connectivity index (χ2v) is 10.2. The second kappa shape index (κ2) is 9.17. The van der Waals surface area contributed by atoms with Crippen molar-refractivity contribution in [2.75, 3.05) is 5.32 Å². The second-order valence-electron chi connectivity index (χ2n) is 8.83. The van der Waals surface area contributed by atoms with Crippen LogP contribution in [0, 0.1) is 17.1 Å². The monoisotopic (exact) mass is 543 g/mol. The zero-order valence-corrected chi connectivity index (χ0v) is 20.9. The normalized spacial score (nSPS) is 26.2. The standard InChI is InChI=1S/C24H24BrClFN7/c1-2-16-9-15(10-21-20(5-6-28)34(16)21)31-23-17(11-30-33-12-13(25)7-22(23)33)24(29)32-19-8-14(27)3-4-18(19)26/h3-4,7-8,11-12,15-16,20-21,31H,2,5,9-10H2,1H3,(H2,29,32). The molecule has 0 spiro atoms. The number of nitriles is 1. The van der Waals surface area contributed by atoms with Gasteiger partial charge in [-0.05, 0) is 53.4 Å². The van der Waals surface area contributed by atoms with Gasteiger partial charge in [-0.2, -0.15) is 10.4 Å². The minimum Gasteiger partial charge on any atom is -0.383 e. The van der Waals surface area contributed by atoms with Crippen LogP contribution in [0.4, 0.5) is 15.8 Å². The Hall–Kier alpha value is -2.67. The van der Waals surface area contributed by atoms with E-state index in [1.54, 1.807) is 10.7 Å². The fraction of sp³-hybridized carbons (Fsp3) is 0.375. The van der Waals surface area contributed by atoms with E-state index in [2.05, 4.69) is 49.2 Å². The summed E-state index contributed by atoms with van der Waals surface area (Å²) in [4.78, 5) is 6.91. The number of hydrogen-bond donors (Lipinski definition) is 2. The van der Waals surface area contributed by atoms with Gasteiger partial charge in [0.25, 0.3) is 0 Å². The van der Waals surface area contributed by atoms with Crippen LogP contribution < -0.4 is 11.1 Å². The number of aliphatic imine (C=N–C) groups is 1. The molecule has 3 N–H and O–H groups in total. The van der Waals surface area contributed by atoms with Crippen molar-refractivity contribution >= 4 is 50.3 Å². The predicted octanol–water partition coefficient (Wildman–Crippen LogP) is 5.25. The van der Waals surface area contributed by atoms with Crippen LogP contribution in [0.15, 0.2) is 46.1 Å². The first-order valence-corrected chi connectivity index (χ1v) is 12.4. The van der Waals surface area contributed by atoms with E-state index < -0.39 is 5.82 Å². The van der Waals surface area contributed by atoms with Gasteiger partial charge >= 0.3 is 0 Å². The first-order chi connectivity index (χ1) is 16.4. The molecule has 0 aliphatic carbocycles. The third-order valence-electron chi connectivity index (χ3n) is 6.77. The Labute approximate surface area is 210 Å². The van der Waals surface area contributed by atoms with E-state index in [-0.39, 0.29) is 17.6 Å². The van der Waals surface area contributed by atoms with Crippen molar-refractivity contribution in [2.45, 2.75) is 56.8 Å². The van der Waals surface area contributed by atoms with Crippen LogP contribution in [0.25, 0.3) is 5.52 Å². The predicted molar refractivity (Wildman–Crippen MR) is 135 cm³/mol. The number of aromatic nitrogens is 2. The number of piperidine rings is 1. The average molecular weight is 545 g/mol. The average Bonchev–Trinajstić information content (AvgIpc) is 3.35.